The highest BCUT2D eigenvalue weighted by atomic mass is 79.9. The lowest BCUT2D eigenvalue weighted by molar-refractivity contribution is 1.07. The number of H-pyrrole nitrogens is 1. The quantitative estimate of drug-likeness (QED) is 0.455. The van der Waals surface area contributed by atoms with Gasteiger partial charge in [-0.3, -0.25) is 9.98 Å². The molecule has 0 spiro atoms. The highest BCUT2D eigenvalue weighted by Gasteiger charge is 1.95. The average Bonchev–Trinajstić information content (AvgIpc) is 3.06. The molecule has 0 fully saturated rings. The zero-order valence-electron chi connectivity index (χ0n) is 13.5. The molecule has 0 bridgehead atoms. The third-order valence-corrected chi connectivity index (χ3v) is 4.62. The average molecular weight is 459 g/mol. The van der Waals surface area contributed by atoms with E-state index >= 15 is 0 Å². The molecule has 0 atom stereocenters. The predicted octanol–water partition coefficient (Wildman–Crippen LogP) is 5.78. The molecule has 2 aromatic carbocycles. The molecule has 0 aliphatic carbocycles. The van der Waals surface area contributed by atoms with Gasteiger partial charge in [-0.25, -0.2) is 0 Å². The van der Waals surface area contributed by atoms with Crippen LogP contribution in [0.2, 0.25) is 0 Å². The highest BCUT2D eigenvalue weighted by Crippen LogP contribution is 2.12. The molecule has 3 nitrogen and oxygen atoms in total. The summed E-state index contributed by atoms with van der Waals surface area (Å²) in [6.45, 7) is 1.33. The zero-order valence-corrected chi connectivity index (χ0v) is 16.7. The molecule has 0 saturated heterocycles. The molecule has 0 unspecified atom stereocenters. The van der Waals surface area contributed by atoms with Crippen molar-refractivity contribution in [2.75, 3.05) is 0 Å². The van der Waals surface area contributed by atoms with Crippen LogP contribution in [0, 0.1) is 0 Å². The third kappa shape index (κ3) is 5.80. The summed E-state index contributed by atoms with van der Waals surface area (Å²) in [6, 6.07) is 20.4. The predicted molar refractivity (Wildman–Crippen MR) is 112 cm³/mol. The Morgan fingerprint density at radius 3 is 1.44 bits per heavy atom. The second-order valence-corrected chi connectivity index (χ2v) is 7.39. The smallest absolute Gasteiger partial charge is 0.0640 e. The number of halogens is 2. The summed E-state index contributed by atoms with van der Waals surface area (Å²) >= 11 is 6.87. The lowest BCUT2D eigenvalue weighted by atomic mass is 10.2. The van der Waals surface area contributed by atoms with Gasteiger partial charge < -0.3 is 4.98 Å². The second kappa shape index (κ2) is 8.92. The van der Waals surface area contributed by atoms with Crippen molar-refractivity contribution in [3.05, 3.63) is 92.1 Å². The first kappa shape index (κ1) is 17.8. The van der Waals surface area contributed by atoms with Crippen molar-refractivity contribution in [1.82, 2.24) is 4.98 Å². The Morgan fingerprint density at radius 2 is 1.04 bits per heavy atom. The molecule has 1 aromatic heterocycles. The topological polar surface area (TPSA) is 40.5 Å². The first-order valence-corrected chi connectivity index (χ1v) is 9.45. The van der Waals surface area contributed by atoms with E-state index in [1.165, 1.54) is 11.1 Å². The van der Waals surface area contributed by atoms with E-state index < -0.39 is 0 Å². The van der Waals surface area contributed by atoms with E-state index in [2.05, 4.69) is 71.1 Å². The monoisotopic (exact) mass is 457 g/mol. The van der Waals surface area contributed by atoms with Gasteiger partial charge >= 0.3 is 0 Å². The number of nitrogens with one attached hydrogen (secondary N) is 1. The first-order chi connectivity index (χ1) is 12.2. The number of aromatic nitrogens is 1. The molecule has 1 heterocycles. The molecule has 126 valence electrons. The van der Waals surface area contributed by atoms with Crippen molar-refractivity contribution in [3.8, 4) is 0 Å². The summed E-state index contributed by atoms with van der Waals surface area (Å²) in [5.41, 5.74) is 4.31. The van der Waals surface area contributed by atoms with E-state index in [9.17, 15) is 0 Å². The molecule has 0 aliphatic heterocycles. The van der Waals surface area contributed by atoms with Gasteiger partial charge in [0.1, 0.15) is 0 Å². The van der Waals surface area contributed by atoms with Crippen molar-refractivity contribution >= 4 is 44.3 Å². The molecule has 0 saturated carbocycles. The third-order valence-electron chi connectivity index (χ3n) is 3.57. The molecule has 0 amide bonds. The maximum absolute atomic E-state index is 4.47. The van der Waals surface area contributed by atoms with Gasteiger partial charge in [0.25, 0.3) is 0 Å². The Hall–Kier alpha value is -1.98. The van der Waals surface area contributed by atoms with Crippen LogP contribution in [0.15, 0.2) is 79.6 Å². The van der Waals surface area contributed by atoms with Crippen molar-refractivity contribution in [2.45, 2.75) is 13.1 Å². The van der Waals surface area contributed by atoms with E-state index in [1.54, 1.807) is 0 Å². The van der Waals surface area contributed by atoms with Crippen molar-refractivity contribution in [2.24, 2.45) is 9.98 Å². The van der Waals surface area contributed by atoms with Crippen LogP contribution >= 0.6 is 31.9 Å². The van der Waals surface area contributed by atoms with Crippen LogP contribution in [-0.2, 0) is 13.1 Å². The fourth-order valence-corrected chi connectivity index (χ4v) is 2.79. The van der Waals surface area contributed by atoms with Gasteiger partial charge in [-0.2, -0.15) is 0 Å². The molecule has 3 aromatic rings. The van der Waals surface area contributed by atoms with Gasteiger partial charge in [-0.05, 0) is 47.5 Å². The molecule has 25 heavy (non-hydrogen) atoms. The number of aromatic amines is 1. The van der Waals surface area contributed by atoms with E-state index in [0.717, 1.165) is 20.3 Å². The number of benzene rings is 2. The highest BCUT2D eigenvalue weighted by molar-refractivity contribution is 9.10. The Labute approximate surface area is 164 Å². The lowest BCUT2D eigenvalue weighted by Gasteiger charge is -1.96. The Kier molecular flexibility index (Phi) is 6.36. The van der Waals surface area contributed by atoms with Gasteiger partial charge in [-0.1, -0.05) is 56.1 Å². The van der Waals surface area contributed by atoms with Crippen molar-refractivity contribution in [1.29, 1.82) is 0 Å². The fourth-order valence-electron chi connectivity index (χ4n) is 2.26. The van der Waals surface area contributed by atoms with Gasteiger partial charge in [0.05, 0.1) is 24.5 Å². The first-order valence-electron chi connectivity index (χ1n) is 7.86. The molecular weight excluding hydrogens is 442 g/mol. The van der Waals surface area contributed by atoms with Gasteiger partial charge in [0, 0.05) is 21.4 Å². The summed E-state index contributed by atoms with van der Waals surface area (Å²) in [6.07, 6.45) is 3.71. The number of hydrogen-bond donors (Lipinski definition) is 1. The van der Waals surface area contributed by atoms with Crippen molar-refractivity contribution < 1.29 is 0 Å². The number of nitrogens with zero attached hydrogens (tertiary/aromatic N) is 2. The summed E-state index contributed by atoms with van der Waals surface area (Å²) in [4.78, 5) is 12.2. The van der Waals surface area contributed by atoms with Crippen LogP contribution in [0.3, 0.4) is 0 Å². The minimum atomic E-state index is 0.666. The Bertz CT molecular complexity index is 791. The SMILES string of the molecule is Brc1ccc(CN=Cc2ccc(C=NCc3ccc(Br)cc3)[nH]2)cc1. The number of rotatable bonds is 6. The molecule has 5 heteroatoms. The number of aliphatic imine (C=N–C) groups is 2. The van der Waals surface area contributed by atoms with Crippen LogP contribution in [0.1, 0.15) is 22.5 Å². The Morgan fingerprint density at radius 1 is 0.640 bits per heavy atom. The van der Waals surface area contributed by atoms with Crippen LogP contribution in [0.25, 0.3) is 0 Å². The van der Waals surface area contributed by atoms with Crippen LogP contribution in [0.4, 0.5) is 0 Å². The second-order valence-electron chi connectivity index (χ2n) is 5.56. The van der Waals surface area contributed by atoms with E-state index in [-0.39, 0.29) is 0 Å². The maximum atomic E-state index is 4.47. The molecule has 0 radical (unpaired) electrons. The molecule has 3 rings (SSSR count). The molecule has 1 N–H and O–H groups in total. The number of hydrogen-bond acceptors (Lipinski definition) is 2. The van der Waals surface area contributed by atoms with Crippen LogP contribution < -0.4 is 0 Å². The van der Waals surface area contributed by atoms with Gasteiger partial charge in [-0.15, -0.1) is 0 Å². The minimum absolute atomic E-state index is 0.666. The van der Waals surface area contributed by atoms with Crippen LogP contribution in [0.5, 0.6) is 0 Å². The molecular formula is C20H17Br2N3. The lowest BCUT2D eigenvalue weighted by Crippen LogP contribution is -1.87. The standard InChI is InChI=1S/C20H17Br2N3/c21-17-5-1-15(2-6-17)11-23-13-19-9-10-20(25-19)14-24-12-16-3-7-18(22)8-4-16/h1-10,13-14,25H,11-12H2. The van der Waals surface area contributed by atoms with Crippen LogP contribution in [-0.4, -0.2) is 17.4 Å². The maximum Gasteiger partial charge on any atom is 0.0640 e. The van der Waals surface area contributed by atoms with Crippen molar-refractivity contribution in [3.63, 3.8) is 0 Å². The summed E-state index contributed by atoms with van der Waals surface area (Å²) < 4.78 is 2.16. The summed E-state index contributed by atoms with van der Waals surface area (Å²) in [5, 5.41) is 0. The minimum Gasteiger partial charge on any atom is -0.353 e. The summed E-state index contributed by atoms with van der Waals surface area (Å²) in [5.74, 6) is 0. The van der Waals surface area contributed by atoms with E-state index in [4.69, 9.17) is 0 Å². The summed E-state index contributed by atoms with van der Waals surface area (Å²) in [7, 11) is 0. The Balaban J connectivity index is 1.53. The molecule has 0 aliphatic rings. The van der Waals surface area contributed by atoms with Gasteiger partial charge in [0.2, 0.25) is 0 Å². The normalized spacial score (nSPS) is 11.6. The van der Waals surface area contributed by atoms with E-state index in [0.29, 0.717) is 13.1 Å². The largest absolute Gasteiger partial charge is 0.353 e. The van der Waals surface area contributed by atoms with Gasteiger partial charge in [0.15, 0.2) is 0 Å². The fraction of sp³-hybridized carbons (Fsp3) is 0.100. The van der Waals surface area contributed by atoms with E-state index in [1.807, 2.05) is 48.8 Å². The zero-order chi connectivity index (χ0) is 17.5.